The Morgan fingerprint density at radius 1 is 1.35 bits per heavy atom. The van der Waals surface area contributed by atoms with Crippen molar-refractivity contribution in [2.24, 2.45) is 5.41 Å². The molecule has 0 bridgehead atoms. The number of hydrogen-bond donors (Lipinski definition) is 1. The van der Waals surface area contributed by atoms with Crippen LogP contribution in [0.25, 0.3) is 0 Å². The molecule has 1 aromatic carbocycles. The van der Waals surface area contributed by atoms with Crippen LogP contribution in [0.5, 0.6) is 0 Å². The quantitative estimate of drug-likeness (QED) is 0.810. The summed E-state index contributed by atoms with van der Waals surface area (Å²) < 4.78 is 0. The van der Waals surface area contributed by atoms with Gasteiger partial charge in [0.05, 0.1) is 0 Å². The van der Waals surface area contributed by atoms with Gasteiger partial charge in [0, 0.05) is 11.0 Å². The van der Waals surface area contributed by atoms with Crippen LogP contribution >= 0.6 is 0 Å². The molecular weight excluding hydrogens is 210 g/mol. The lowest BCUT2D eigenvalue weighted by atomic mass is 9.75. The Hall–Kier alpha value is -1.15. The van der Waals surface area contributed by atoms with Gasteiger partial charge in [-0.3, -0.25) is 4.79 Å². The molecule has 1 aromatic rings. The summed E-state index contributed by atoms with van der Waals surface area (Å²) in [5, 5.41) is 3.32. The molecule has 1 N–H and O–H groups in total. The Morgan fingerprint density at radius 2 is 2.06 bits per heavy atom. The molecule has 0 radical (unpaired) electrons. The smallest absolute Gasteiger partial charge is 0.168 e. The zero-order valence-corrected chi connectivity index (χ0v) is 10.8. The Kier molecular flexibility index (Phi) is 3.63. The number of Topliss-reactive ketones (excluding diaryl/α,β-unsaturated/α-hetero) is 1. The van der Waals surface area contributed by atoms with Gasteiger partial charge in [0.1, 0.15) is 0 Å². The van der Waals surface area contributed by atoms with E-state index in [1.54, 1.807) is 0 Å². The third-order valence-corrected chi connectivity index (χ3v) is 3.85. The maximum Gasteiger partial charge on any atom is 0.168 e. The number of piperidine rings is 1. The summed E-state index contributed by atoms with van der Waals surface area (Å²) in [4.78, 5) is 12.6. The monoisotopic (exact) mass is 231 g/mol. The molecule has 0 spiro atoms. The van der Waals surface area contributed by atoms with Crippen molar-refractivity contribution in [3.63, 3.8) is 0 Å². The molecule has 1 aliphatic heterocycles. The van der Waals surface area contributed by atoms with E-state index in [1.165, 1.54) is 5.56 Å². The number of hydrogen-bond acceptors (Lipinski definition) is 2. The summed E-state index contributed by atoms with van der Waals surface area (Å²) in [5.41, 5.74) is 1.96. The highest BCUT2D eigenvalue weighted by atomic mass is 16.1. The van der Waals surface area contributed by atoms with Crippen LogP contribution in [0.4, 0.5) is 0 Å². The molecule has 2 nitrogen and oxygen atoms in total. The highest BCUT2D eigenvalue weighted by Crippen LogP contribution is 2.32. The lowest BCUT2D eigenvalue weighted by Gasteiger charge is -2.32. The maximum atomic E-state index is 12.6. The summed E-state index contributed by atoms with van der Waals surface area (Å²) >= 11 is 0. The molecule has 0 amide bonds. The van der Waals surface area contributed by atoms with E-state index in [9.17, 15) is 4.79 Å². The van der Waals surface area contributed by atoms with E-state index in [2.05, 4.69) is 31.3 Å². The van der Waals surface area contributed by atoms with E-state index < -0.39 is 0 Å². The SMILES string of the molecule is CCc1cccc(C(=O)C2(C)CCNCC2)c1. The minimum atomic E-state index is -0.169. The predicted molar refractivity (Wildman–Crippen MR) is 70.4 cm³/mol. The van der Waals surface area contributed by atoms with Crippen LogP contribution in [0.2, 0.25) is 0 Å². The van der Waals surface area contributed by atoms with Gasteiger partial charge in [0.2, 0.25) is 0 Å². The van der Waals surface area contributed by atoms with Gasteiger partial charge < -0.3 is 5.32 Å². The van der Waals surface area contributed by atoms with Crippen molar-refractivity contribution in [3.8, 4) is 0 Å². The Morgan fingerprint density at radius 3 is 2.71 bits per heavy atom. The normalized spacial score (nSPS) is 18.9. The third kappa shape index (κ3) is 2.58. The molecule has 1 heterocycles. The molecule has 0 aromatic heterocycles. The summed E-state index contributed by atoms with van der Waals surface area (Å²) in [6.45, 7) is 6.13. The van der Waals surface area contributed by atoms with Gasteiger partial charge in [-0.2, -0.15) is 0 Å². The average Bonchev–Trinajstić information content (AvgIpc) is 2.39. The van der Waals surface area contributed by atoms with Crippen LogP contribution in [-0.4, -0.2) is 18.9 Å². The first kappa shape index (κ1) is 12.3. The van der Waals surface area contributed by atoms with Crippen molar-refractivity contribution in [3.05, 3.63) is 35.4 Å². The van der Waals surface area contributed by atoms with Crippen molar-refractivity contribution < 1.29 is 4.79 Å². The fraction of sp³-hybridized carbons (Fsp3) is 0.533. The second kappa shape index (κ2) is 5.01. The van der Waals surface area contributed by atoms with E-state index in [0.29, 0.717) is 5.78 Å². The Labute approximate surface area is 103 Å². The molecule has 0 atom stereocenters. The van der Waals surface area contributed by atoms with E-state index in [1.807, 2.05) is 12.1 Å². The van der Waals surface area contributed by atoms with E-state index in [-0.39, 0.29) is 5.41 Å². The number of benzene rings is 1. The number of carbonyl (C=O) groups excluding carboxylic acids is 1. The number of aryl methyl sites for hydroxylation is 1. The molecule has 0 aliphatic carbocycles. The average molecular weight is 231 g/mol. The van der Waals surface area contributed by atoms with E-state index in [0.717, 1.165) is 37.9 Å². The Bertz CT molecular complexity index is 405. The van der Waals surface area contributed by atoms with Gasteiger partial charge in [0.25, 0.3) is 0 Å². The molecule has 17 heavy (non-hydrogen) atoms. The van der Waals surface area contributed by atoms with E-state index in [4.69, 9.17) is 0 Å². The van der Waals surface area contributed by atoms with Gasteiger partial charge >= 0.3 is 0 Å². The van der Waals surface area contributed by atoms with Gasteiger partial charge in [-0.25, -0.2) is 0 Å². The van der Waals surface area contributed by atoms with Crippen molar-refractivity contribution >= 4 is 5.78 Å². The zero-order chi connectivity index (χ0) is 12.3. The second-order valence-corrected chi connectivity index (χ2v) is 5.19. The van der Waals surface area contributed by atoms with Gasteiger partial charge in [0.15, 0.2) is 5.78 Å². The van der Waals surface area contributed by atoms with Crippen LogP contribution in [0.1, 0.15) is 42.6 Å². The van der Waals surface area contributed by atoms with Gasteiger partial charge in [-0.05, 0) is 44.0 Å². The lowest BCUT2D eigenvalue weighted by molar-refractivity contribution is 0.0762. The molecular formula is C15H21NO. The summed E-state index contributed by atoms with van der Waals surface area (Å²) in [6, 6.07) is 8.09. The standard InChI is InChI=1S/C15H21NO/c1-3-12-5-4-6-13(11-12)14(17)15(2)7-9-16-10-8-15/h4-6,11,16H,3,7-10H2,1-2H3. The van der Waals surface area contributed by atoms with Gasteiger partial charge in [-0.1, -0.05) is 32.0 Å². The van der Waals surface area contributed by atoms with Crippen LogP contribution in [0, 0.1) is 5.41 Å². The summed E-state index contributed by atoms with van der Waals surface area (Å²) in [7, 11) is 0. The minimum Gasteiger partial charge on any atom is -0.317 e. The van der Waals surface area contributed by atoms with Crippen molar-refractivity contribution in [2.75, 3.05) is 13.1 Å². The Balaban J connectivity index is 2.23. The van der Waals surface area contributed by atoms with Crippen molar-refractivity contribution in [1.29, 1.82) is 0 Å². The first-order chi connectivity index (χ1) is 8.15. The van der Waals surface area contributed by atoms with E-state index >= 15 is 0 Å². The molecule has 0 saturated carbocycles. The van der Waals surface area contributed by atoms with Crippen molar-refractivity contribution in [2.45, 2.75) is 33.1 Å². The van der Waals surface area contributed by atoms with Crippen LogP contribution < -0.4 is 5.32 Å². The molecule has 92 valence electrons. The second-order valence-electron chi connectivity index (χ2n) is 5.19. The van der Waals surface area contributed by atoms with Crippen LogP contribution in [-0.2, 0) is 6.42 Å². The molecule has 2 rings (SSSR count). The minimum absolute atomic E-state index is 0.169. The van der Waals surface area contributed by atoms with Crippen molar-refractivity contribution in [1.82, 2.24) is 5.32 Å². The molecule has 1 aliphatic rings. The number of ketones is 1. The topological polar surface area (TPSA) is 29.1 Å². The molecule has 1 fully saturated rings. The fourth-order valence-corrected chi connectivity index (χ4v) is 2.49. The number of rotatable bonds is 3. The molecule has 2 heteroatoms. The maximum absolute atomic E-state index is 12.6. The van der Waals surface area contributed by atoms with Gasteiger partial charge in [-0.15, -0.1) is 0 Å². The third-order valence-electron chi connectivity index (χ3n) is 3.85. The first-order valence-corrected chi connectivity index (χ1v) is 6.50. The van der Waals surface area contributed by atoms with Crippen LogP contribution in [0.15, 0.2) is 24.3 Å². The number of nitrogens with one attached hydrogen (secondary N) is 1. The number of carbonyl (C=O) groups is 1. The zero-order valence-electron chi connectivity index (χ0n) is 10.8. The lowest BCUT2D eigenvalue weighted by Crippen LogP contribution is -2.40. The van der Waals surface area contributed by atoms with Crippen LogP contribution in [0.3, 0.4) is 0 Å². The molecule has 1 saturated heterocycles. The highest BCUT2D eigenvalue weighted by molar-refractivity contribution is 6.00. The predicted octanol–water partition coefficient (Wildman–Crippen LogP) is 2.82. The summed E-state index contributed by atoms with van der Waals surface area (Å²) in [5.74, 6) is 0.314. The highest BCUT2D eigenvalue weighted by Gasteiger charge is 2.34. The first-order valence-electron chi connectivity index (χ1n) is 6.50. The summed E-state index contributed by atoms with van der Waals surface area (Å²) in [6.07, 6.45) is 2.88. The largest absolute Gasteiger partial charge is 0.317 e. The fourth-order valence-electron chi connectivity index (χ4n) is 2.49. The molecule has 0 unspecified atom stereocenters.